The van der Waals surface area contributed by atoms with E-state index in [0.717, 1.165) is 32.4 Å². The molecule has 3 atom stereocenters. The first-order valence-corrected chi connectivity index (χ1v) is 7.50. The van der Waals surface area contributed by atoms with Gasteiger partial charge in [0, 0.05) is 25.7 Å². The summed E-state index contributed by atoms with van der Waals surface area (Å²) in [5.41, 5.74) is 8.89. The van der Waals surface area contributed by atoms with Crippen LogP contribution >= 0.6 is 0 Å². The second kappa shape index (κ2) is 5.54. The van der Waals surface area contributed by atoms with Gasteiger partial charge in [0.15, 0.2) is 0 Å². The summed E-state index contributed by atoms with van der Waals surface area (Å²) in [6.45, 7) is 1.92. The molecule has 1 amide bonds. The van der Waals surface area contributed by atoms with Crippen molar-refractivity contribution in [3.8, 4) is 0 Å². The lowest BCUT2D eigenvalue weighted by molar-refractivity contribution is -0.126. The molecule has 3 rings (SSSR count). The van der Waals surface area contributed by atoms with Crippen LogP contribution in [0, 0.1) is 5.92 Å². The van der Waals surface area contributed by atoms with Crippen LogP contribution in [0.25, 0.3) is 0 Å². The van der Waals surface area contributed by atoms with Gasteiger partial charge >= 0.3 is 0 Å². The topological polar surface area (TPSA) is 58.4 Å². The fraction of sp³-hybridized carbons (Fsp3) is 0.562. The molecule has 1 fully saturated rings. The van der Waals surface area contributed by atoms with E-state index < -0.39 is 0 Å². The van der Waals surface area contributed by atoms with Crippen molar-refractivity contribution in [2.24, 2.45) is 11.7 Å². The number of carbonyl (C=O) groups excluding carboxylic acids is 1. The second-order valence-corrected chi connectivity index (χ2v) is 5.94. The van der Waals surface area contributed by atoms with Gasteiger partial charge in [0.2, 0.25) is 5.91 Å². The summed E-state index contributed by atoms with van der Waals surface area (Å²) in [7, 11) is 1.72. The van der Waals surface area contributed by atoms with Crippen LogP contribution in [-0.2, 0) is 4.79 Å². The number of nitrogens with one attached hydrogen (secondary N) is 1. The van der Waals surface area contributed by atoms with Crippen molar-refractivity contribution in [2.75, 3.05) is 20.1 Å². The van der Waals surface area contributed by atoms with Crippen LogP contribution in [0.15, 0.2) is 24.3 Å². The zero-order valence-electron chi connectivity index (χ0n) is 12.0. The molecule has 4 heteroatoms. The number of amides is 1. The lowest BCUT2D eigenvalue weighted by atomic mass is 9.94. The van der Waals surface area contributed by atoms with E-state index in [1.165, 1.54) is 11.1 Å². The minimum absolute atomic E-state index is 0.123. The number of hydrogen-bond donors (Lipinski definition) is 2. The molecule has 3 N–H and O–H groups in total. The predicted octanol–water partition coefficient (Wildman–Crippen LogP) is 1.59. The number of hydrogen-bond acceptors (Lipinski definition) is 3. The maximum atomic E-state index is 11.9. The Kier molecular flexibility index (Phi) is 3.76. The van der Waals surface area contributed by atoms with E-state index in [1.807, 2.05) is 0 Å². The molecule has 1 aliphatic heterocycles. The molecule has 1 saturated heterocycles. The average molecular weight is 273 g/mol. The number of benzene rings is 1. The molecule has 0 bridgehead atoms. The van der Waals surface area contributed by atoms with Crippen molar-refractivity contribution < 1.29 is 4.79 Å². The van der Waals surface area contributed by atoms with Gasteiger partial charge < -0.3 is 11.1 Å². The molecule has 0 radical (unpaired) electrons. The highest BCUT2D eigenvalue weighted by atomic mass is 16.1. The van der Waals surface area contributed by atoms with E-state index in [4.69, 9.17) is 5.73 Å². The van der Waals surface area contributed by atoms with E-state index in [9.17, 15) is 4.79 Å². The number of carbonyl (C=O) groups is 1. The Morgan fingerprint density at radius 1 is 1.35 bits per heavy atom. The zero-order chi connectivity index (χ0) is 14.1. The summed E-state index contributed by atoms with van der Waals surface area (Å²) in [6.07, 6.45) is 3.06. The summed E-state index contributed by atoms with van der Waals surface area (Å²) in [4.78, 5) is 14.3. The molecule has 1 aromatic rings. The van der Waals surface area contributed by atoms with Gasteiger partial charge in [0.05, 0.1) is 5.92 Å². The molecule has 0 spiro atoms. The number of likely N-dealkylation sites (tertiary alicyclic amines) is 1. The average Bonchev–Trinajstić information content (AvgIpc) is 2.84. The number of nitrogens with zero attached hydrogens (tertiary/aromatic N) is 1. The lowest BCUT2D eigenvalue weighted by Gasteiger charge is -2.36. The van der Waals surface area contributed by atoms with E-state index >= 15 is 0 Å². The number of rotatable bonds is 2. The summed E-state index contributed by atoms with van der Waals surface area (Å²) >= 11 is 0. The van der Waals surface area contributed by atoms with Crippen molar-refractivity contribution in [3.05, 3.63) is 35.4 Å². The van der Waals surface area contributed by atoms with Gasteiger partial charge in [-0.15, -0.1) is 0 Å². The van der Waals surface area contributed by atoms with Gasteiger partial charge in [-0.1, -0.05) is 24.3 Å². The highest BCUT2D eigenvalue weighted by molar-refractivity contribution is 5.78. The van der Waals surface area contributed by atoms with Gasteiger partial charge in [0.1, 0.15) is 0 Å². The molecule has 3 unspecified atom stereocenters. The molecule has 0 saturated carbocycles. The van der Waals surface area contributed by atoms with Crippen LogP contribution in [0.1, 0.15) is 42.5 Å². The third-order valence-corrected chi connectivity index (χ3v) is 4.74. The van der Waals surface area contributed by atoms with Crippen LogP contribution in [0.4, 0.5) is 0 Å². The van der Waals surface area contributed by atoms with Gasteiger partial charge in [-0.25, -0.2) is 0 Å². The Morgan fingerprint density at radius 3 is 2.85 bits per heavy atom. The first-order chi connectivity index (χ1) is 9.70. The monoisotopic (exact) mass is 273 g/mol. The van der Waals surface area contributed by atoms with Crippen LogP contribution in [0.2, 0.25) is 0 Å². The Morgan fingerprint density at radius 2 is 2.10 bits per heavy atom. The fourth-order valence-corrected chi connectivity index (χ4v) is 3.70. The summed E-state index contributed by atoms with van der Waals surface area (Å²) < 4.78 is 0. The Balaban J connectivity index is 1.79. The van der Waals surface area contributed by atoms with Crippen molar-refractivity contribution in [1.29, 1.82) is 0 Å². The van der Waals surface area contributed by atoms with Crippen LogP contribution in [0.5, 0.6) is 0 Å². The van der Waals surface area contributed by atoms with Gasteiger partial charge in [-0.3, -0.25) is 9.69 Å². The maximum Gasteiger partial charge on any atom is 0.224 e. The maximum absolute atomic E-state index is 11.9. The number of fused-ring (bicyclic) bond motifs is 1. The van der Waals surface area contributed by atoms with Crippen LogP contribution in [-0.4, -0.2) is 30.9 Å². The molecule has 20 heavy (non-hydrogen) atoms. The molecule has 1 aliphatic carbocycles. The van der Waals surface area contributed by atoms with Crippen molar-refractivity contribution in [3.63, 3.8) is 0 Å². The van der Waals surface area contributed by atoms with Crippen molar-refractivity contribution in [1.82, 2.24) is 10.2 Å². The largest absolute Gasteiger partial charge is 0.359 e. The van der Waals surface area contributed by atoms with E-state index in [0.29, 0.717) is 6.04 Å². The van der Waals surface area contributed by atoms with Gasteiger partial charge in [0.25, 0.3) is 0 Å². The Bertz CT molecular complexity index is 502. The second-order valence-electron chi connectivity index (χ2n) is 5.94. The van der Waals surface area contributed by atoms with Crippen LogP contribution < -0.4 is 11.1 Å². The number of piperidine rings is 1. The third-order valence-electron chi connectivity index (χ3n) is 4.74. The summed E-state index contributed by atoms with van der Waals surface area (Å²) in [6, 6.07) is 9.00. The first kappa shape index (κ1) is 13.6. The standard InChI is InChI=1S/C16H23N3O/c1-18-16(20)11-5-4-8-19(10-11)15-9-14(17)12-6-2-3-7-13(12)15/h2-3,6-7,11,14-15H,4-5,8-10,17H2,1H3,(H,18,20). The smallest absolute Gasteiger partial charge is 0.224 e. The fourth-order valence-electron chi connectivity index (χ4n) is 3.70. The molecule has 4 nitrogen and oxygen atoms in total. The van der Waals surface area contributed by atoms with E-state index in [1.54, 1.807) is 7.05 Å². The number of nitrogens with two attached hydrogens (primary N) is 1. The zero-order valence-corrected chi connectivity index (χ0v) is 12.0. The lowest BCUT2D eigenvalue weighted by Crippen LogP contribution is -2.43. The Hall–Kier alpha value is -1.39. The molecule has 0 aromatic heterocycles. The van der Waals surface area contributed by atoms with Gasteiger partial charge in [-0.05, 0) is 36.9 Å². The Labute approximate surface area is 120 Å². The molecule has 108 valence electrons. The molecular weight excluding hydrogens is 250 g/mol. The summed E-state index contributed by atoms with van der Waals surface area (Å²) in [5.74, 6) is 0.294. The molecule has 2 aliphatic rings. The third kappa shape index (κ3) is 2.34. The summed E-state index contributed by atoms with van der Waals surface area (Å²) in [5, 5.41) is 2.78. The van der Waals surface area contributed by atoms with E-state index in [-0.39, 0.29) is 17.9 Å². The predicted molar refractivity (Wildman–Crippen MR) is 79.1 cm³/mol. The highest BCUT2D eigenvalue weighted by Crippen LogP contribution is 2.42. The van der Waals surface area contributed by atoms with E-state index in [2.05, 4.69) is 34.5 Å². The van der Waals surface area contributed by atoms with Crippen molar-refractivity contribution >= 4 is 5.91 Å². The van der Waals surface area contributed by atoms with Crippen LogP contribution in [0.3, 0.4) is 0 Å². The SMILES string of the molecule is CNC(=O)C1CCCN(C2CC(N)c3ccccc32)C1. The van der Waals surface area contributed by atoms with Gasteiger partial charge in [-0.2, -0.15) is 0 Å². The highest BCUT2D eigenvalue weighted by Gasteiger charge is 2.35. The molecular formula is C16H23N3O. The quantitative estimate of drug-likeness (QED) is 0.860. The minimum atomic E-state index is 0.123. The minimum Gasteiger partial charge on any atom is -0.359 e. The van der Waals surface area contributed by atoms with Crippen molar-refractivity contribution in [2.45, 2.75) is 31.3 Å². The molecule has 1 aromatic carbocycles. The normalized spacial score (nSPS) is 30.0. The molecule has 1 heterocycles. The first-order valence-electron chi connectivity index (χ1n) is 7.50.